The minimum absolute atomic E-state index is 0.0517. The second-order valence-corrected chi connectivity index (χ2v) is 2.85. The molecule has 0 atom stereocenters. The summed E-state index contributed by atoms with van der Waals surface area (Å²) in [5, 5.41) is 8.67. The van der Waals surface area contributed by atoms with Crippen LogP contribution in [0.2, 0.25) is 5.02 Å². The summed E-state index contributed by atoms with van der Waals surface area (Å²) in [6.07, 6.45) is 0. The van der Waals surface area contributed by atoms with Crippen LogP contribution in [0.3, 0.4) is 0 Å². The molecule has 4 heteroatoms. The van der Waals surface area contributed by atoms with Crippen LogP contribution < -0.4 is 0 Å². The fraction of sp³-hybridized carbons (Fsp3) is 0.111. The van der Waals surface area contributed by atoms with Crippen molar-refractivity contribution < 1.29 is 9.18 Å². The molecule has 0 unspecified atom stereocenters. The number of Topliss-reactive ketones (excluding diaryl/α,β-unsaturated/α-hetero) is 1. The minimum atomic E-state index is -0.725. The van der Waals surface area contributed by atoms with E-state index in [1.54, 1.807) is 6.07 Å². The molecule has 0 radical (unpaired) electrons. The first-order valence-electron chi connectivity index (χ1n) is 3.47. The second-order valence-electron chi connectivity index (χ2n) is 2.45. The monoisotopic (exact) mass is 197 g/mol. The zero-order chi connectivity index (χ0) is 10.0. The smallest absolute Gasteiger partial charge is 0.162 e. The summed E-state index contributed by atoms with van der Waals surface area (Å²) in [4.78, 5) is 11.0. The SMILES string of the molecule is CC(=O)c1c(Cl)ccc(F)c1C#N. The number of nitrogens with zero attached hydrogens (tertiary/aromatic N) is 1. The average Bonchev–Trinajstić information content (AvgIpc) is 2.07. The molecule has 0 aliphatic heterocycles. The zero-order valence-corrected chi connectivity index (χ0v) is 7.52. The van der Waals surface area contributed by atoms with Crippen molar-refractivity contribution in [2.24, 2.45) is 0 Å². The molecule has 0 saturated heterocycles. The van der Waals surface area contributed by atoms with Gasteiger partial charge in [-0.2, -0.15) is 5.26 Å². The highest BCUT2D eigenvalue weighted by molar-refractivity contribution is 6.34. The van der Waals surface area contributed by atoms with Crippen molar-refractivity contribution in [1.29, 1.82) is 5.26 Å². The molecular formula is C9H5ClFNO. The lowest BCUT2D eigenvalue weighted by Crippen LogP contribution is -2.00. The number of carbonyl (C=O) groups excluding carboxylic acids is 1. The normalized spacial score (nSPS) is 9.38. The van der Waals surface area contributed by atoms with Crippen LogP contribution in [-0.4, -0.2) is 5.78 Å². The van der Waals surface area contributed by atoms with E-state index in [2.05, 4.69) is 0 Å². The molecular weight excluding hydrogens is 193 g/mol. The Labute approximate surface area is 79.5 Å². The summed E-state index contributed by atoms with van der Waals surface area (Å²) >= 11 is 5.64. The number of benzene rings is 1. The Hall–Kier alpha value is -1.40. The largest absolute Gasteiger partial charge is 0.294 e. The van der Waals surface area contributed by atoms with Crippen LogP contribution >= 0.6 is 11.6 Å². The molecule has 0 heterocycles. The number of carbonyl (C=O) groups is 1. The second kappa shape index (κ2) is 3.55. The maximum atomic E-state index is 13.0. The van der Waals surface area contributed by atoms with E-state index in [4.69, 9.17) is 16.9 Å². The summed E-state index contributed by atoms with van der Waals surface area (Å²) in [6.45, 7) is 1.24. The maximum Gasteiger partial charge on any atom is 0.162 e. The Morgan fingerprint density at radius 1 is 1.62 bits per heavy atom. The van der Waals surface area contributed by atoms with Crippen molar-refractivity contribution >= 4 is 17.4 Å². The molecule has 0 N–H and O–H groups in total. The fourth-order valence-corrected chi connectivity index (χ4v) is 1.30. The molecule has 0 spiro atoms. The van der Waals surface area contributed by atoms with Gasteiger partial charge in [-0.3, -0.25) is 4.79 Å². The molecule has 2 nitrogen and oxygen atoms in total. The van der Waals surface area contributed by atoms with Crippen LogP contribution in [0, 0.1) is 17.1 Å². The van der Waals surface area contributed by atoms with Gasteiger partial charge in [-0.1, -0.05) is 11.6 Å². The van der Waals surface area contributed by atoms with Crippen molar-refractivity contribution in [3.63, 3.8) is 0 Å². The van der Waals surface area contributed by atoms with Crippen LogP contribution in [0.5, 0.6) is 0 Å². The average molecular weight is 198 g/mol. The Bertz CT molecular complexity index is 409. The first-order chi connectivity index (χ1) is 6.07. The number of hydrogen-bond donors (Lipinski definition) is 0. The molecule has 1 aromatic rings. The van der Waals surface area contributed by atoms with Gasteiger partial charge in [-0.15, -0.1) is 0 Å². The van der Waals surface area contributed by atoms with E-state index in [0.29, 0.717) is 0 Å². The van der Waals surface area contributed by atoms with Crippen molar-refractivity contribution in [2.45, 2.75) is 6.92 Å². The number of hydrogen-bond acceptors (Lipinski definition) is 2. The van der Waals surface area contributed by atoms with E-state index in [1.165, 1.54) is 13.0 Å². The molecule has 0 aliphatic rings. The van der Waals surface area contributed by atoms with Crippen molar-refractivity contribution in [3.05, 3.63) is 34.1 Å². The van der Waals surface area contributed by atoms with Gasteiger partial charge in [0.15, 0.2) is 5.78 Å². The zero-order valence-electron chi connectivity index (χ0n) is 6.77. The molecule has 66 valence electrons. The highest BCUT2D eigenvalue weighted by atomic mass is 35.5. The van der Waals surface area contributed by atoms with Gasteiger partial charge in [0.2, 0.25) is 0 Å². The molecule has 0 aromatic heterocycles. The van der Waals surface area contributed by atoms with E-state index in [0.717, 1.165) is 6.07 Å². The summed E-state index contributed by atoms with van der Waals surface area (Å²) in [7, 11) is 0. The number of nitriles is 1. The third-order valence-electron chi connectivity index (χ3n) is 1.57. The van der Waals surface area contributed by atoms with E-state index in [1.807, 2.05) is 0 Å². The first kappa shape index (κ1) is 9.69. The van der Waals surface area contributed by atoms with Crippen LogP contribution in [0.4, 0.5) is 4.39 Å². The van der Waals surface area contributed by atoms with Crippen LogP contribution in [-0.2, 0) is 0 Å². The molecule has 1 aromatic carbocycles. The van der Waals surface area contributed by atoms with Gasteiger partial charge in [-0.25, -0.2) is 4.39 Å². The molecule has 0 fully saturated rings. The molecule has 1 rings (SSSR count). The third kappa shape index (κ3) is 1.68. The van der Waals surface area contributed by atoms with E-state index in [-0.39, 0.29) is 16.1 Å². The lowest BCUT2D eigenvalue weighted by Gasteiger charge is -2.02. The summed E-state index contributed by atoms with van der Waals surface area (Å²) < 4.78 is 13.0. The lowest BCUT2D eigenvalue weighted by molar-refractivity contribution is 0.101. The maximum absolute atomic E-state index is 13.0. The Balaban J connectivity index is 3.55. The predicted octanol–water partition coefficient (Wildman–Crippen LogP) is 2.55. The molecule has 0 amide bonds. The Kier molecular flexibility index (Phi) is 2.64. The molecule has 0 saturated carbocycles. The highest BCUT2D eigenvalue weighted by Crippen LogP contribution is 2.22. The highest BCUT2D eigenvalue weighted by Gasteiger charge is 2.15. The van der Waals surface area contributed by atoms with E-state index in [9.17, 15) is 9.18 Å². The Morgan fingerprint density at radius 2 is 2.23 bits per heavy atom. The third-order valence-corrected chi connectivity index (χ3v) is 1.88. The van der Waals surface area contributed by atoms with Crippen molar-refractivity contribution in [1.82, 2.24) is 0 Å². The van der Waals surface area contributed by atoms with E-state index >= 15 is 0 Å². The number of ketones is 1. The van der Waals surface area contributed by atoms with Gasteiger partial charge in [0.1, 0.15) is 11.9 Å². The van der Waals surface area contributed by atoms with Gasteiger partial charge < -0.3 is 0 Å². The Morgan fingerprint density at radius 3 is 2.62 bits per heavy atom. The van der Waals surface area contributed by atoms with Gasteiger partial charge in [0.25, 0.3) is 0 Å². The minimum Gasteiger partial charge on any atom is -0.294 e. The first-order valence-corrected chi connectivity index (χ1v) is 3.84. The van der Waals surface area contributed by atoms with Crippen LogP contribution in [0.15, 0.2) is 12.1 Å². The molecule has 13 heavy (non-hydrogen) atoms. The van der Waals surface area contributed by atoms with Crippen molar-refractivity contribution in [2.75, 3.05) is 0 Å². The van der Waals surface area contributed by atoms with Crippen LogP contribution in [0.25, 0.3) is 0 Å². The van der Waals surface area contributed by atoms with Gasteiger partial charge in [0, 0.05) is 0 Å². The summed E-state index contributed by atoms with van der Waals surface area (Å²) in [5.41, 5.74) is -0.343. The fourth-order valence-electron chi connectivity index (χ4n) is 1.01. The van der Waals surface area contributed by atoms with E-state index < -0.39 is 11.6 Å². The summed E-state index contributed by atoms with van der Waals surface area (Å²) in [5.74, 6) is -1.14. The number of halogens is 2. The topological polar surface area (TPSA) is 40.9 Å². The molecule has 0 aliphatic carbocycles. The van der Waals surface area contributed by atoms with Crippen molar-refractivity contribution in [3.8, 4) is 6.07 Å². The predicted molar refractivity (Wildman–Crippen MR) is 46.1 cm³/mol. The molecule has 0 bridgehead atoms. The van der Waals surface area contributed by atoms with Crippen LogP contribution in [0.1, 0.15) is 22.8 Å². The quantitative estimate of drug-likeness (QED) is 0.650. The van der Waals surface area contributed by atoms with Gasteiger partial charge in [-0.05, 0) is 19.1 Å². The standard InChI is InChI=1S/C9H5ClFNO/c1-5(13)9-6(4-12)8(11)3-2-7(9)10/h2-3H,1H3. The van der Waals surface area contributed by atoms with Gasteiger partial charge in [0.05, 0.1) is 16.1 Å². The number of rotatable bonds is 1. The van der Waals surface area contributed by atoms with Gasteiger partial charge >= 0.3 is 0 Å². The summed E-state index contributed by atoms with van der Waals surface area (Å²) in [6, 6.07) is 3.93. The lowest BCUT2D eigenvalue weighted by atomic mass is 10.0.